The van der Waals surface area contributed by atoms with E-state index < -0.39 is 11.4 Å². The number of carbonyl (C=O) groups excluding carboxylic acids is 2. The minimum Gasteiger partial charge on any atom is -0.457 e. The number of rotatable bonds is 5. The summed E-state index contributed by atoms with van der Waals surface area (Å²) in [5.41, 5.74) is 12.2. The van der Waals surface area contributed by atoms with Gasteiger partial charge in [0.25, 0.3) is 5.91 Å². The third-order valence-corrected chi connectivity index (χ3v) is 5.07. The number of primary amides is 1. The first-order chi connectivity index (χ1) is 12.9. The summed E-state index contributed by atoms with van der Waals surface area (Å²) in [7, 11) is 0. The topological polar surface area (TPSA) is 107 Å². The molecule has 0 aliphatic heterocycles. The van der Waals surface area contributed by atoms with Gasteiger partial charge in [0.15, 0.2) is 0 Å². The van der Waals surface area contributed by atoms with E-state index in [0.29, 0.717) is 22.7 Å². The van der Waals surface area contributed by atoms with E-state index in [-0.39, 0.29) is 24.2 Å². The van der Waals surface area contributed by atoms with Crippen LogP contribution in [0.15, 0.2) is 48.5 Å². The van der Waals surface area contributed by atoms with Gasteiger partial charge in [-0.2, -0.15) is 0 Å². The number of ether oxygens (including phenoxy) is 1. The van der Waals surface area contributed by atoms with Gasteiger partial charge in [-0.1, -0.05) is 25.0 Å². The lowest BCUT2D eigenvalue weighted by Crippen LogP contribution is -2.51. The fraction of sp³-hybridized carbons (Fsp3) is 0.333. The van der Waals surface area contributed by atoms with Gasteiger partial charge in [-0.05, 0) is 56.2 Å². The van der Waals surface area contributed by atoms with E-state index in [0.717, 1.165) is 25.7 Å². The highest BCUT2D eigenvalue weighted by Gasteiger charge is 2.37. The van der Waals surface area contributed by atoms with Crippen LogP contribution in [-0.4, -0.2) is 17.4 Å². The van der Waals surface area contributed by atoms with Gasteiger partial charge in [0.1, 0.15) is 11.5 Å². The monoisotopic (exact) mass is 403 g/mol. The molecule has 6 nitrogen and oxygen atoms in total. The van der Waals surface area contributed by atoms with Crippen molar-refractivity contribution in [3.63, 3.8) is 0 Å². The van der Waals surface area contributed by atoms with Crippen LogP contribution in [0.2, 0.25) is 0 Å². The van der Waals surface area contributed by atoms with Crippen molar-refractivity contribution in [2.75, 3.05) is 5.32 Å². The minimum atomic E-state index is -0.549. The Labute approximate surface area is 171 Å². The molecule has 5 N–H and O–H groups in total. The first-order valence-electron chi connectivity index (χ1n) is 9.13. The Bertz CT molecular complexity index is 837. The maximum Gasteiger partial charge on any atom is 0.252 e. The summed E-state index contributed by atoms with van der Waals surface area (Å²) in [6.07, 6.45) is 3.76. The Balaban J connectivity index is 0.00000280. The molecule has 3 rings (SSSR count). The summed E-state index contributed by atoms with van der Waals surface area (Å²) < 4.78 is 5.75. The molecule has 1 saturated carbocycles. The normalized spacial score (nSPS) is 21.3. The Morgan fingerprint density at radius 2 is 1.79 bits per heavy atom. The number of anilines is 1. The molecule has 2 amide bonds. The molecular weight excluding hydrogens is 378 g/mol. The van der Waals surface area contributed by atoms with Crippen LogP contribution in [0.3, 0.4) is 0 Å². The van der Waals surface area contributed by atoms with E-state index in [2.05, 4.69) is 5.32 Å². The zero-order valence-corrected chi connectivity index (χ0v) is 16.6. The van der Waals surface area contributed by atoms with Gasteiger partial charge in [-0.3, -0.25) is 9.59 Å². The van der Waals surface area contributed by atoms with Crippen molar-refractivity contribution in [2.45, 2.75) is 38.1 Å². The van der Waals surface area contributed by atoms with Crippen molar-refractivity contribution in [3.8, 4) is 11.5 Å². The predicted molar refractivity (Wildman–Crippen MR) is 112 cm³/mol. The van der Waals surface area contributed by atoms with Crippen molar-refractivity contribution in [1.29, 1.82) is 0 Å². The number of benzene rings is 2. The maximum atomic E-state index is 12.6. The molecular formula is C21H26ClN3O3. The largest absolute Gasteiger partial charge is 0.457 e. The number of hydrogen-bond donors (Lipinski definition) is 3. The van der Waals surface area contributed by atoms with Gasteiger partial charge in [0, 0.05) is 11.2 Å². The van der Waals surface area contributed by atoms with E-state index >= 15 is 0 Å². The van der Waals surface area contributed by atoms with Gasteiger partial charge in [-0.25, -0.2) is 0 Å². The van der Waals surface area contributed by atoms with E-state index in [1.165, 1.54) is 0 Å². The molecule has 1 aliphatic rings. The molecule has 7 heteroatoms. The lowest BCUT2D eigenvalue weighted by Gasteiger charge is -2.37. The zero-order valence-electron chi connectivity index (χ0n) is 15.8. The van der Waals surface area contributed by atoms with Crippen LogP contribution in [0.5, 0.6) is 11.5 Å². The molecule has 150 valence electrons. The summed E-state index contributed by atoms with van der Waals surface area (Å²) >= 11 is 0. The lowest BCUT2D eigenvalue weighted by molar-refractivity contribution is -0.122. The summed E-state index contributed by atoms with van der Waals surface area (Å²) in [5.74, 6) is 0.148. The predicted octanol–water partition coefficient (Wildman–Crippen LogP) is 3.85. The summed E-state index contributed by atoms with van der Waals surface area (Å²) in [6.45, 7) is 1.95. The molecule has 0 radical (unpaired) electrons. The Hall–Kier alpha value is -2.57. The molecule has 0 aromatic heterocycles. The van der Waals surface area contributed by atoms with Gasteiger partial charge >= 0.3 is 0 Å². The van der Waals surface area contributed by atoms with Crippen molar-refractivity contribution in [2.24, 2.45) is 17.4 Å². The van der Waals surface area contributed by atoms with E-state index in [1.54, 1.807) is 48.5 Å². The molecule has 0 heterocycles. The number of halogens is 1. The molecule has 2 aromatic carbocycles. The van der Waals surface area contributed by atoms with Crippen molar-refractivity contribution < 1.29 is 14.3 Å². The van der Waals surface area contributed by atoms with Crippen molar-refractivity contribution >= 4 is 29.9 Å². The third-order valence-electron chi connectivity index (χ3n) is 5.07. The SMILES string of the molecule is CC1(N)CCCCC1C(=O)Nc1ccc(Oc2ccccc2C(N)=O)cc1.Cl. The summed E-state index contributed by atoms with van der Waals surface area (Å²) in [6, 6.07) is 13.8. The highest BCUT2D eigenvalue weighted by atomic mass is 35.5. The van der Waals surface area contributed by atoms with E-state index in [1.807, 2.05) is 6.92 Å². The summed E-state index contributed by atoms with van der Waals surface area (Å²) in [5, 5.41) is 2.94. The molecule has 1 fully saturated rings. The maximum absolute atomic E-state index is 12.6. The van der Waals surface area contributed by atoms with Crippen LogP contribution in [0.1, 0.15) is 43.0 Å². The second-order valence-corrected chi connectivity index (χ2v) is 7.28. The number of nitrogens with two attached hydrogens (primary N) is 2. The van der Waals surface area contributed by atoms with Crippen LogP contribution >= 0.6 is 12.4 Å². The number of carbonyl (C=O) groups is 2. The Morgan fingerprint density at radius 3 is 2.43 bits per heavy atom. The van der Waals surface area contributed by atoms with Gasteiger partial charge in [0.2, 0.25) is 5.91 Å². The molecule has 0 bridgehead atoms. The fourth-order valence-corrected chi connectivity index (χ4v) is 3.51. The molecule has 0 saturated heterocycles. The number of amides is 2. The molecule has 28 heavy (non-hydrogen) atoms. The van der Waals surface area contributed by atoms with Gasteiger partial charge in [0.05, 0.1) is 11.5 Å². The van der Waals surface area contributed by atoms with Gasteiger partial charge < -0.3 is 21.5 Å². The minimum absolute atomic E-state index is 0. The van der Waals surface area contributed by atoms with Crippen LogP contribution in [0.4, 0.5) is 5.69 Å². The smallest absolute Gasteiger partial charge is 0.252 e. The molecule has 2 aromatic rings. The second kappa shape index (κ2) is 9.08. The molecule has 2 unspecified atom stereocenters. The van der Waals surface area contributed by atoms with Crippen LogP contribution < -0.4 is 21.5 Å². The molecule has 0 spiro atoms. The van der Waals surface area contributed by atoms with E-state index in [4.69, 9.17) is 16.2 Å². The Morgan fingerprint density at radius 1 is 1.11 bits per heavy atom. The quantitative estimate of drug-likeness (QED) is 0.704. The van der Waals surface area contributed by atoms with E-state index in [9.17, 15) is 9.59 Å². The first-order valence-corrected chi connectivity index (χ1v) is 9.13. The average Bonchev–Trinajstić information content (AvgIpc) is 2.63. The van der Waals surface area contributed by atoms with Gasteiger partial charge in [-0.15, -0.1) is 12.4 Å². The first kappa shape index (κ1) is 21.7. The van der Waals surface area contributed by atoms with Crippen LogP contribution in [-0.2, 0) is 4.79 Å². The lowest BCUT2D eigenvalue weighted by atomic mass is 9.74. The molecule has 2 atom stereocenters. The second-order valence-electron chi connectivity index (χ2n) is 7.28. The number of nitrogens with one attached hydrogen (secondary N) is 1. The zero-order chi connectivity index (χ0) is 19.4. The highest BCUT2D eigenvalue weighted by Crippen LogP contribution is 2.33. The number of para-hydroxylation sites is 1. The highest BCUT2D eigenvalue weighted by molar-refractivity contribution is 5.95. The standard InChI is InChI=1S/C21H25N3O3.ClH/c1-21(23)13-5-4-7-17(21)20(26)24-14-9-11-15(12-10-14)27-18-8-3-2-6-16(18)19(22)25;/h2-3,6,8-12,17H,4-5,7,13,23H2,1H3,(H2,22,25)(H,24,26);1H. The van der Waals surface area contributed by atoms with Crippen molar-refractivity contribution in [3.05, 3.63) is 54.1 Å². The fourth-order valence-electron chi connectivity index (χ4n) is 3.51. The third kappa shape index (κ3) is 5.03. The molecule has 1 aliphatic carbocycles. The Kier molecular flexibility index (Phi) is 7.05. The summed E-state index contributed by atoms with van der Waals surface area (Å²) in [4.78, 5) is 24.1. The van der Waals surface area contributed by atoms with Crippen LogP contribution in [0, 0.1) is 5.92 Å². The van der Waals surface area contributed by atoms with Crippen molar-refractivity contribution in [1.82, 2.24) is 0 Å². The van der Waals surface area contributed by atoms with Crippen LogP contribution in [0.25, 0.3) is 0 Å². The number of hydrogen-bond acceptors (Lipinski definition) is 4. The average molecular weight is 404 g/mol.